The van der Waals surface area contributed by atoms with Crippen molar-refractivity contribution in [2.24, 2.45) is 11.8 Å². The van der Waals surface area contributed by atoms with Crippen LogP contribution in [0.5, 0.6) is 5.75 Å². The van der Waals surface area contributed by atoms with Gasteiger partial charge in [0.05, 0.1) is 6.10 Å². The molecule has 1 fully saturated rings. The quantitative estimate of drug-likeness (QED) is 0.828. The second kappa shape index (κ2) is 7.31. The minimum absolute atomic E-state index is 0.233. The topological polar surface area (TPSA) is 21.3 Å². The molecule has 118 valence electrons. The highest BCUT2D eigenvalue weighted by Gasteiger charge is 2.26. The maximum atomic E-state index is 5.71. The largest absolute Gasteiger partial charge is 0.491 e. The summed E-state index contributed by atoms with van der Waals surface area (Å²) in [4.78, 5) is 0. The van der Waals surface area contributed by atoms with E-state index < -0.39 is 0 Å². The Hall–Kier alpha value is -1.02. The highest BCUT2D eigenvalue weighted by atomic mass is 16.5. The fraction of sp³-hybridized carbons (Fsp3) is 0.684. The van der Waals surface area contributed by atoms with Gasteiger partial charge in [-0.25, -0.2) is 0 Å². The Bertz CT molecular complexity index is 426. The first-order valence-corrected chi connectivity index (χ1v) is 8.48. The van der Waals surface area contributed by atoms with Crippen molar-refractivity contribution in [3.05, 3.63) is 29.8 Å². The number of benzene rings is 1. The molecule has 2 heteroatoms. The van der Waals surface area contributed by atoms with E-state index in [0.717, 1.165) is 17.6 Å². The molecule has 0 aromatic heterocycles. The Morgan fingerprint density at radius 1 is 1.05 bits per heavy atom. The summed E-state index contributed by atoms with van der Waals surface area (Å²) in [5.74, 6) is 2.63. The molecule has 1 saturated carbocycles. The number of hydrogen-bond donors (Lipinski definition) is 1. The summed E-state index contributed by atoms with van der Waals surface area (Å²) in [5.41, 5.74) is 1.34. The zero-order chi connectivity index (χ0) is 15.4. The summed E-state index contributed by atoms with van der Waals surface area (Å²) < 4.78 is 5.71. The maximum Gasteiger partial charge on any atom is 0.119 e. The summed E-state index contributed by atoms with van der Waals surface area (Å²) in [5, 5.41) is 3.82. The van der Waals surface area contributed by atoms with Crippen LogP contribution in [0.15, 0.2) is 24.3 Å². The van der Waals surface area contributed by atoms with Crippen molar-refractivity contribution < 1.29 is 4.74 Å². The highest BCUT2D eigenvalue weighted by molar-refractivity contribution is 5.29. The molecule has 1 N–H and O–H groups in total. The average molecular weight is 289 g/mol. The zero-order valence-electron chi connectivity index (χ0n) is 14.2. The van der Waals surface area contributed by atoms with Gasteiger partial charge in [0.1, 0.15) is 5.75 Å². The lowest BCUT2D eigenvalue weighted by Crippen LogP contribution is -2.40. The van der Waals surface area contributed by atoms with Gasteiger partial charge in [-0.1, -0.05) is 26.0 Å². The fourth-order valence-corrected chi connectivity index (χ4v) is 3.44. The van der Waals surface area contributed by atoms with Crippen molar-refractivity contribution in [3.8, 4) is 5.75 Å². The molecule has 0 heterocycles. The van der Waals surface area contributed by atoms with Gasteiger partial charge in [-0.2, -0.15) is 0 Å². The molecule has 21 heavy (non-hydrogen) atoms. The Balaban J connectivity index is 1.92. The predicted molar refractivity (Wildman–Crippen MR) is 89.7 cm³/mol. The minimum atomic E-state index is 0.233. The third kappa shape index (κ3) is 4.74. The van der Waals surface area contributed by atoms with Crippen molar-refractivity contribution in [3.63, 3.8) is 0 Å². The molecule has 0 bridgehead atoms. The molecule has 0 aliphatic heterocycles. The number of rotatable bonds is 5. The van der Waals surface area contributed by atoms with E-state index in [-0.39, 0.29) is 6.10 Å². The molecule has 0 spiro atoms. The lowest BCUT2D eigenvalue weighted by Gasteiger charge is -2.35. The van der Waals surface area contributed by atoms with Gasteiger partial charge >= 0.3 is 0 Å². The summed E-state index contributed by atoms with van der Waals surface area (Å²) in [6.45, 7) is 11.2. The molecule has 1 aliphatic rings. The summed E-state index contributed by atoms with van der Waals surface area (Å²) >= 11 is 0. The van der Waals surface area contributed by atoms with Crippen molar-refractivity contribution in [1.82, 2.24) is 5.32 Å². The van der Waals surface area contributed by atoms with E-state index in [1.165, 1.54) is 24.8 Å². The monoisotopic (exact) mass is 289 g/mol. The van der Waals surface area contributed by atoms with Gasteiger partial charge in [-0.15, -0.1) is 0 Å². The Morgan fingerprint density at radius 3 is 2.29 bits per heavy atom. The lowest BCUT2D eigenvalue weighted by atomic mass is 9.79. The minimum Gasteiger partial charge on any atom is -0.491 e. The highest BCUT2D eigenvalue weighted by Crippen LogP contribution is 2.30. The van der Waals surface area contributed by atoms with Gasteiger partial charge in [0.15, 0.2) is 0 Å². The van der Waals surface area contributed by atoms with Gasteiger partial charge in [-0.05, 0) is 69.6 Å². The van der Waals surface area contributed by atoms with Crippen molar-refractivity contribution in [1.29, 1.82) is 0 Å². The Morgan fingerprint density at radius 2 is 1.71 bits per heavy atom. The van der Waals surface area contributed by atoms with E-state index in [2.05, 4.69) is 64.2 Å². The SMILES string of the molecule is CC1CCC(NC(C)c2ccc(OC(C)C)cc2)C(C)C1. The van der Waals surface area contributed by atoms with Crippen LogP contribution in [0, 0.1) is 11.8 Å². The number of nitrogens with one attached hydrogen (secondary N) is 1. The maximum absolute atomic E-state index is 5.71. The average Bonchev–Trinajstić information content (AvgIpc) is 2.42. The molecule has 0 saturated heterocycles. The molecule has 2 rings (SSSR count). The molecule has 0 radical (unpaired) electrons. The van der Waals surface area contributed by atoms with Gasteiger partial charge in [-0.3, -0.25) is 0 Å². The summed E-state index contributed by atoms with van der Waals surface area (Å²) in [7, 11) is 0. The van der Waals surface area contributed by atoms with Crippen LogP contribution < -0.4 is 10.1 Å². The van der Waals surface area contributed by atoms with Crippen molar-refractivity contribution in [2.45, 2.75) is 72.1 Å². The molecule has 2 nitrogen and oxygen atoms in total. The first kappa shape index (κ1) is 16.4. The van der Waals surface area contributed by atoms with E-state index in [1.807, 2.05) is 0 Å². The molecular weight excluding hydrogens is 258 g/mol. The molecule has 1 aromatic carbocycles. The second-order valence-corrected chi connectivity index (χ2v) is 7.13. The third-order valence-electron chi connectivity index (χ3n) is 4.65. The molecular formula is C19H31NO. The van der Waals surface area contributed by atoms with Crippen LogP contribution in [0.3, 0.4) is 0 Å². The summed E-state index contributed by atoms with van der Waals surface area (Å²) in [6.07, 6.45) is 4.25. The van der Waals surface area contributed by atoms with E-state index in [9.17, 15) is 0 Å². The predicted octanol–water partition coefficient (Wildman–Crippen LogP) is 4.95. The second-order valence-electron chi connectivity index (χ2n) is 7.13. The lowest BCUT2D eigenvalue weighted by molar-refractivity contribution is 0.216. The zero-order valence-corrected chi connectivity index (χ0v) is 14.2. The standard InChI is InChI=1S/C19H31NO/c1-13(2)21-18-9-7-17(8-10-18)16(5)20-19-11-6-14(3)12-15(19)4/h7-10,13-16,19-20H,6,11-12H2,1-5H3. The van der Waals surface area contributed by atoms with Crippen LogP contribution in [-0.4, -0.2) is 12.1 Å². The first-order valence-electron chi connectivity index (χ1n) is 8.48. The van der Waals surface area contributed by atoms with Crippen molar-refractivity contribution >= 4 is 0 Å². The number of ether oxygens (including phenoxy) is 1. The molecule has 4 unspecified atom stereocenters. The molecule has 4 atom stereocenters. The summed E-state index contributed by atoms with van der Waals surface area (Å²) in [6, 6.07) is 9.60. The van der Waals surface area contributed by atoms with E-state index in [1.54, 1.807) is 0 Å². The van der Waals surface area contributed by atoms with Crippen LogP contribution in [0.4, 0.5) is 0 Å². The number of hydrogen-bond acceptors (Lipinski definition) is 2. The first-order chi connectivity index (χ1) is 9.95. The Kier molecular flexibility index (Phi) is 5.69. The van der Waals surface area contributed by atoms with Crippen LogP contribution in [0.1, 0.15) is 65.5 Å². The van der Waals surface area contributed by atoms with E-state index in [0.29, 0.717) is 12.1 Å². The molecule has 1 aliphatic carbocycles. The van der Waals surface area contributed by atoms with Gasteiger partial charge in [0.2, 0.25) is 0 Å². The third-order valence-corrected chi connectivity index (χ3v) is 4.65. The molecule has 0 amide bonds. The molecule has 1 aromatic rings. The van der Waals surface area contributed by atoms with Crippen LogP contribution in [0.25, 0.3) is 0 Å². The van der Waals surface area contributed by atoms with Gasteiger partial charge in [0.25, 0.3) is 0 Å². The smallest absolute Gasteiger partial charge is 0.119 e. The Labute approximate surface area is 130 Å². The fourth-order valence-electron chi connectivity index (χ4n) is 3.44. The van der Waals surface area contributed by atoms with Crippen LogP contribution in [-0.2, 0) is 0 Å². The van der Waals surface area contributed by atoms with E-state index >= 15 is 0 Å². The van der Waals surface area contributed by atoms with Gasteiger partial charge < -0.3 is 10.1 Å². The van der Waals surface area contributed by atoms with Crippen molar-refractivity contribution in [2.75, 3.05) is 0 Å². The normalized spacial score (nSPS) is 27.6. The van der Waals surface area contributed by atoms with Crippen LogP contribution >= 0.6 is 0 Å². The van der Waals surface area contributed by atoms with Gasteiger partial charge in [0, 0.05) is 12.1 Å². The van der Waals surface area contributed by atoms with E-state index in [4.69, 9.17) is 4.74 Å². The van der Waals surface area contributed by atoms with Crippen LogP contribution in [0.2, 0.25) is 0 Å².